The fourth-order valence-electron chi connectivity index (χ4n) is 1.89. The number of anilines is 1. The zero-order chi connectivity index (χ0) is 16.1. The molecule has 0 atom stereocenters. The summed E-state index contributed by atoms with van der Waals surface area (Å²) in [6, 6.07) is 10.4. The van der Waals surface area contributed by atoms with Gasteiger partial charge in [-0.2, -0.15) is 0 Å². The van der Waals surface area contributed by atoms with Crippen molar-refractivity contribution >= 4 is 45.8 Å². The Morgan fingerprint density at radius 3 is 2.64 bits per heavy atom. The Morgan fingerprint density at radius 2 is 2.00 bits per heavy atom. The van der Waals surface area contributed by atoms with Crippen LogP contribution in [0.5, 0.6) is 11.5 Å². The van der Waals surface area contributed by atoms with Crippen molar-refractivity contribution in [1.82, 2.24) is 0 Å². The van der Waals surface area contributed by atoms with Crippen LogP contribution in [0.4, 0.5) is 5.69 Å². The van der Waals surface area contributed by atoms with Crippen LogP contribution in [0.25, 0.3) is 0 Å². The van der Waals surface area contributed by atoms with Crippen LogP contribution in [0.15, 0.2) is 36.4 Å². The topological polar surface area (TPSA) is 47.6 Å². The van der Waals surface area contributed by atoms with Gasteiger partial charge in [-0.25, -0.2) is 0 Å². The molecule has 0 aromatic heterocycles. The SMILES string of the molecule is CCOc1ccc(NC(=O)c2ccc(Cl)cc2I)cc1OC. The molecule has 116 valence electrons. The van der Waals surface area contributed by atoms with E-state index in [0.717, 1.165) is 3.57 Å². The minimum absolute atomic E-state index is 0.202. The van der Waals surface area contributed by atoms with Crippen LogP contribution in [-0.2, 0) is 0 Å². The smallest absolute Gasteiger partial charge is 0.256 e. The Kier molecular flexibility index (Phi) is 5.90. The van der Waals surface area contributed by atoms with E-state index in [1.807, 2.05) is 6.92 Å². The first-order chi connectivity index (χ1) is 10.5. The largest absolute Gasteiger partial charge is 0.493 e. The summed E-state index contributed by atoms with van der Waals surface area (Å²) in [5.41, 5.74) is 1.20. The molecule has 2 rings (SSSR count). The summed E-state index contributed by atoms with van der Waals surface area (Å²) in [6.45, 7) is 2.45. The van der Waals surface area contributed by atoms with E-state index < -0.39 is 0 Å². The number of ether oxygens (including phenoxy) is 2. The zero-order valence-electron chi connectivity index (χ0n) is 12.2. The second-order valence-electron chi connectivity index (χ2n) is 4.38. The van der Waals surface area contributed by atoms with E-state index in [1.54, 1.807) is 43.5 Å². The molecule has 0 aliphatic rings. The highest BCUT2D eigenvalue weighted by Crippen LogP contribution is 2.30. The highest BCUT2D eigenvalue weighted by molar-refractivity contribution is 14.1. The van der Waals surface area contributed by atoms with Crippen LogP contribution in [0, 0.1) is 3.57 Å². The molecule has 4 nitrogen and oxygen atoms in total. The predicted molar refractivity (Wildman–Crippen MR) is 96.3 cm³/mol. The second-order valence-corrected chi connectivity index (χ2v) is 5.98. The Labute approximate surface area is 147 Å². The Balaban J connectivity index is 2.21. The van der Waals surface area contributed by atoms with E-state index in [0.29, 0.717) is 34.4 Å². The van der Waals surface area contributed by atoms with Gasteiger partial charge in [0.15, 0.2) is 11.5 Å². The molecule has 0 saturated carbocycles. The summed E-state index contributed by atoms with van der Waals surface area (Å²) in [7, 11) is 1.56. The Morgan fingerprint density at radius 1 is 1.23 bits per heavy atom. The van der Waals surface area contributed by atoms with Gasteiger partial charge in [0.25, 0.3) is 5.91 Å². The molecule has 0 unspecified atom stereocenters. The molecule has 0 bridgehead atoms. The van der Waals surface area contributed by atoms with Crippen molar-refractivity contribution in [2.75, 3.05) is 19.0 Å². The third kappa shape index (κ3) is 4.04. The summed E-state index contributed by atoms with van der Waals surface area (Å²) < 4.78 is 11.5. The van der Waals surface area contributed by atoms with Crippen molar-refractivity contribution in [2.24, 2.45) is 0 Å². The second kappa shape index (κ2) is 7.69. The van der Waals surface area contributed by atoms with Gasteiger partial charge in [-0.1, -0.05) is 11.6 Å². The highest BCUT2D eigenvalue weighted by Gasteiger charge is 2.12. The van der Waals surface area contributed by atoms with E-state index in [4.69, 9.17) is 21.1 Å². The zero-order valence-corrected chi connectivity index (χ0v) is 15.1. The lowest BCUT2D eigenvalue weighted by atomic mass is 10.2. The van der Waals surface area contributed by atoms with Gasteiger partial charge in [-0.05, 0) is 59.8 Å². The van der Waals surface area contributed by atoms with Crippen molar-refractivity contribution in [3.63, 3.8) is 0 Å². The Hall–Kier alpha value is -1.47. The number of halogens is 2. The quantitative estimate of drug-likeness (QED) is 0.704. The van der Waals surface area contributed by atoms with Crippen LogP contribution in [0.3, 0.4) is 0 Å². The average Bonchev–Trinajstić information content (AvgIpc) is 2.48. The molecule has 6 heteroatoms. The number of rotatable bonds is 5. The minimum Gasteiger partial charge on any atom is -0.493 e. The van der Waals surface area contributed by atoms with Crippen LogP contribution >= 0.6 is 34.2 Å². The summed E-state index contributed by atoms with van der Waals surface area (Å²) in [5.74, 6) is 1.02. The number of methoxy groups -OCH3 is 1. The van der Waals surface area contributed by atoms with Gasteiger partial charge < -0.3 is 14.8 Å². The lowest BCUT2D eigenvalue weighted by molar-refractivity contribution is 0.102. The molecule has 2 aromatic rings. The molecular formula is C16H15ClINO3. The molecule has 1 amide bonds. The summed E-state index contributed by atoms with van der Waals surface area (Å²) in [4.78, 5) is 12.3. The normalized spacial score (nSPS) is 10.2. The van der Waals surface area contributed by atoms with Crippen LogP contribution in [0.1, 0.15) is 17.3 Å². The summed E-state index contributed by atoms with van der Waals surface area (Å²) >= 11 is 7.99. The first kappa shape index (κ1) is 16.9. The number of nitrogens with one attached hydrogen (secondary N) is 1. The molecule has 0 radical (unpaired) electrons. The average molecular weight is 432 g/mol. The molecule has 2 aromatic carbocycles. The van der Waals surface area contributed by atoms with Crippen molar-refractivity contribution in [1.29, 1.82) is 0 Å². The molecule has 0 fully saturated rings. The lowest BCUT2D eigenvalue weighted by Crippen LogP contribution is -2.13. The molecule has 0 heterocycles. The third-order valence-electron chi connectivity index (χ3n) is 2.90. The van der Waals surface area contributed by atoms with E-state index in [1.165, 1.54) is 0 Å². The van der Waals surface area contributed by atoms with Crippen LogP contribution in [-0.4, -0.2) is 19.6 Å². The van der Waals surface area contributed by atoms with Crippen LogP contribution < -0.4 is 14.8 Å². The fraction of sp³-hybridized carbons (Fsp3) is 0.188. The predicted octanol–water partition coefficient (Wildman–Crippen LogP) is 4.60. The lowest BCUT2D eigenvalue weighted by Gasteiger charge is -2.12. The maximum absolute atomic E-state index is 12.3. The molecule has 0 saturated heterocycles. The molecule has 0 spiro atoms. The van der Waals surface area contributed by atoms with E-state index >= 15 is 0 Å². The number of carbonyl (C=O) groups excluding carboxylic acids is 1. The standard InChI is InChI=1S/C16H15ClINO3/c1-3-22-14-7-5-11(9-15(14)21-2)19-16(20)12-6-4-10(17)8-13(12)18/h4-9H,3H2,1-2H3,(H,19,20). The first-order valence-electron chi connectivity index (χ1n) is 6.62. The highest BCUT2D eigenvalue weighted by atomic mass is 127. The van der Waals surface area contributed by atoms with Crippen molar-refractivity contribution < 1.29 is 14.3 Å². The van der Waals surface area contributed by atoms with Crippen molar-refractivity contribution in [2.45, 2.75) is 6.92 Å². The third-order valence-corrected chi connectivity index (χ3v) is 4.02. The van der Waals surface area contributed by atoms with E-state index in [2.05, 4.69) is 27.9 Å². The maximum Gasteiger partial charge on any atom is 0.256 e. The first-order valence-corrected chi connectivity index (χ1v) is 8.08. The molecular weight excluding hydrogens is 417 g/mol. The number of carbonyl (C=O) groups is 1. The van der Waals surface area contributed by atoms with Crippen molar-refractivity contribution in [3.05, 3.63) is 50.6 Å². The Bertz CT molecular complexity index is 691. The van der Waals surface area contributed by atoms with Gasteiger partial charge in [0.05, 0.1) is 19.3 Å². The number of amides is 1. The molecule has 1 N–H and O–H groups in total. The molecule has 0 aliphatic heterocycles. The van der Waals surface area contributed by atoms with Gasteiger partial charge in [0.1, 0.15) is 0 Å². The molecule has 22 heavy (non-hydrogen) atoms. The maximum atomic E-state index is 12.3. The van der Waals surface area contributed by atoms with Gasteiger partial charge in [-0.15, -0.1) is 0 Å². The van der Waals surface area contributed by atoms with Crippen LogP contribution in [0.2, 0.25) is 5.02 Å². The number of hydrogen-bond donors (Lipinski definition) is 1. The monoisotopic (exact) mass is 431 g/mol. The molecule has 0 aliphatic carbocycles. The van der Waals surface area contributed by atoms with E-state index in [9.17, 15) is 4.79 Å². The van der Waals surface area contributed by atoms with Crippen molar-refractivity contribution in [3.8, 4) is 11.5 Å². The summed E-state index contributed by atoms with van der Waals surface area (Å²) in [6.07, 6.45) is 0. The van der Waals surface area contributed by atoms with E-state index in [-0.39, 0.29) is 5.91 Å². The fourth-order valence-corrected chi connectivity index (χ4v) is 3.01. The van der Waals surface area contributed by atoms with Gasteiger partial charge in [0.2, 0.25) is 0 Å². The van der Waals surface area contributed by atoms with Gasteiger partial charge in [0, 0.05) is 20.3 Å². The number of hydrogen-bond acceptors (Lipinski definition) is 3. The summed E-state index contributed by atoms with van der Waals surface area (Å²) in [5, 5.41) is 3.44. The minimum atomic E-state index is -0.202. The van der Waals surface area contributed by atoms with Gasteiger partial charge >= 0.3 is 0 Å². The van der Waals surface area contributed by atoms with Gasteiger partial charge in [-0.3, -0.25) is 4.79 Å². The number of benzene rings is 2.